The lowest BCUT2D eigenvalue weighted by Gasteiger charge is -2.32. The molecule has 2 atom stereocenters. The highest BCUT2D eigenvalue weighted by atomic mass is 16.4. The first-order valence-electron chi connectivity index (χ1n) is 8.27. The fraction of sp³-hybridized carbons (Fsp3) is 0.471. The normalized spacial score (nSPS) is 24.2. The fourth-order valence-electron chi connectivity index (χ4n) is 3.76. The van der Waals surface area contributed by atoms with Gasteiger partial charge >= 0.3 is 11.7 Å². The van der Waals surface area contributed by atoms with Gasteiger partial charge in [0.1, 0.15) is 0 Å². The van der Waals surface area contributed by atoms with E-state index in [1.807, 2.05) is 24.3 Å². The second-order valence-electron chi connectivity index (χ2n) is 6.66. The molecule has 2 aliphatic rings. The van der Waals surface area contributed by atoms with Crippen LogP contribution in [0.5, 0.6) is 0 Å². The zero-order chi connectivity index (χ0) is 16.8. The number of amides is 1. The van der Waals surface area contributed by atoms with E-state index in [2.05, 4.69) is 4.98 Å². The Bertz CT molecular complexity index is 860. The van der Waals surface area contributed by atoms with Gasteiger partial charge in [-0.15, -0.1) is 0 Å². The molecular weight excluding hydrogens is 310 g/mol. The van der Waals surface area contributed by atoms with E-state index in [9.17, 15) is 14.4 Å². The van der Waals surface area contributed by atoms with Crippen LogP contribution < -0.4 is 5.69 Å². The summed E-state index contributed by atoms with van der Waals surface area (Å²) in [6.07, 6.45) is 1.87. The molecule has 24 heavy (non-hydrogen) atoms. The van der Waals surface area contributed by atoms with Crippen molar-refractivity contribution in [1.29, 1.82) is 0 Å². The molecule has 4 rings (SSSR count). The van der Waals surface area contributed by atoms with Crippen LogP contribution in [0.25, 0.3) is 11.0 Å². The van der Waals surface area contributed by atoms with Gasteiger partial charge in [0.15, 0.2) is 0 Å². The topological polar surface area (TPSA) is 95.4 Å². The summed E-state index contributed by atoms with van der Waals surface area (Å²) in [5.41, 5.74) is 1.60. The van der Waals surface area contributed by atoms with Gasteiger partial charge in [-0.25, -0.2) is 4.79 Å². The SMILES string of the molecule is O=C(O)C1CC1C(=O)N1CCC(n2c(=O)[nH]c3ccccc32)CC1. The van der Waals surface area contributed by atoms with E-state index in [-0.39, 0.29) is 23.6 Å². The Kier molecular flexibility index (Phi) is 3.44. The molecule has 2 aromatic rings. The minimum Gasteiger partial charge on any atom is -0.481 e. The van der Waals surface area contributed by atoms with E-state index >= 15 is 0 Å². The number of benzene rings is 1. The predicted molar refractivity (Wildman–Crippen MR) is 86.6 cm³/mol. The van der Waals surface area contributed by atoms with Gasteiger partial charge in [-0.05, 0) is 31.4 Å². The number of H-pyrrole nitrogens is 1. The number of para-hydroxylation sites is 2. The van der Waals surface area contributed by atoms with Crippen LogP contribution in [0.3, 0.4) is 0 Å². The molecule has 1 amide bonds. The van der Waals surface area contributed by atoms with E-state index in [4.69, 9.17) is 5.11 Å². The van der Waals surface area contributed by atoms with E-state index < -0.39 is 11.9 Å². The quantitative estimate of drug-likeness (QED) is 0.885. The van der Waals surface area contributed by atoms with Crippen molar-refractivity contribution in [2.45, 2.75) is 25.3 Å². The molecule has 2 fully saturated rings. The molecule has 2 heterocycles. The van der Waals surface area contributed by atoms with E-state index in [1.54, 1.807) is 9.47 Å². The van der Waals surface area contributed by atoms with Crippen molar-refractivity contribution < 1.29 is 14.7 Å². The highest BCUT2D eigenvalue weighted by molar-refractivity contribution is 5.89. The van der Waals surface area contributed by atoms with Crippen molar-refractivity contribution in [1.82, 2.24) is 14.5 Å². The van der Waals surface area contributed by atoms with Crippen LogP contribution in [0.4, 0.5) is 0 Å². The first kappa shape index (κ1) is 15.0. The maximum absolute atomic E-state index is 12.3. The molecule has 2 N–H and O–H groups in total. The molecule has 1 aromatic carbocycles. The van der Waals surface area contributed by atoms with E-state index in [1.165, 1.54) is 0 Å². The number of carbonyl (C=O) groups excluding carboxylic acids is 1. The van der Waals surface area contributed by atoms with Crippen LogP contribution >= 0.6 is 0 Å². The maximum Gasteiger partial charge on any atom is 0.326 e. The van der Waals surface area contributed by atoms with Gasteiger partial charge in [-0.1, -0.05) is 12.1 Å². The summed E-state index contributed by atoms with van der Waals surface area (Å²) < 4.78 is 1.79. The average Bonchev–Trinajstić information content (AvgIpc) is 3.31. The van der Waals surface area contributed by atoms with Gasteiger partial charge in [-0.2, -0.15) is 0 Å². The van der Waals surface area contributed by atoms with Crippen LogP contribution in [-0.4, -0.2) is 44.5 Å². The number of nitrogens with zero attached hydrogens (tertiary/aromatic N) is 2. The number of nitrogens with one attached hydrogen (secondary N) is 1. The predicted octanol–water partition coefficient (Wildman–Crippen LogP) is 1.21. The Hall–Kier alpha value is -2.57. The summed E-state index contributed by atoms with van der Waals surface area (Å²) >= 11 is 0. The number of aromatic amines is 1. The van der Waals surface area contributed by atoms with Crippen molar-refractivity contribution in [3.05, 3.63) is 34.7 Å². The second-order valence-corrected chi connectivity index (χ2v) is 6.66. The van der Waals surface area contributed by atoms with Crippen LogP contribution in [0.1, 0.15) is 25.3 Å². The highest BCUT2D eigenvalue weighted by Gasteiger charge is 2.50. The molecule has 0 radical (unpaired) electrons. The Balaban J connectivity index is 1.46. The molecule has 2 unspecified atom stereocenters. The number of carboxylic acid groups (broad SMARTS) is 1. The number of imidazole rings is 1. The summed E-state index contributed by atoms with van der Waals surface area (Å²) in [7, 11) is 0. The third-order valence-electron chi connectivity index (χ3n) is 5.19. The van der Waals surface area contributed by atoms with Gasteiger partial charge in [0.2, 0.25) is 5.91 Å². The average molecular weight is 329 g/mol. The van der Waals surface area contributed by atoms with Crippen molar-refractivity contribution >= 4 is 22.9 Å². The Morgan fingerprint density at radius 2 is 1.83 bits per heavy atom. The molecule has 1 saturated heterocycles. The van der Waals surface area contributed by atoms with E-state index in [0.29, 0.717) is 32.4 Å². The second kappa shape index (κ2) is 5.51. The Labute approximate surface area is 137 Å². The van der Waals surface area contributed by atoms with Crippen LogP contribution in [0.15, 0.2) is 29.1 Å². The minimum atomic E-state index is -0.881. The van der Waals surface area contributed by atoms with Crippen LogP contribution in [0.2, 0.25) is 0 Å². The largest absolute Gasteiger partial charge is 0.481 e. The van der Waals surface area contributed by atoms with Gasteiger partial charge in [-0.3, -0.25) is 14.2 Å². The summed E-state index contributed by atoms with van der Waals surface area (Å²) in [6, 6.07) is 7.66. The van der Waals surface area contributed by atoms with Crippen molar-refractivity contribution in [3.63, 3.8) is 0 Å². The number of carbonyl (C=O) groups is 2. The standard InChI is InChI=1S/C17H19N3O4/c21-15(11-9-12(11)16(22)23)19-7-5-10(6-8-19)20-14-4-2-1-3-13(14)18-17(20)24/h1-4,10-12H,5-9H2,(H,18,24)(H,22,23). The molecule has 1 aliphatic carbocycles. The number of hydrogen-bond acceptors (Lipinski definition) is 3. The lowest BCUT2D eigenvalue weighted by atomic mass is 10.0. The molecule has 1 aromatic heterocycles. The lowest BCUT2D eigenvalue weighted by Crippen LogP contribution is -2.41. The Morgan fingerprint density at radius 1 is 1.12 bits per heavy atom. The first-order chi connectivity index (χ1) is 11.6. The zero-order valence-electron chi connectivity index (χ0n) is 13.1. The van der Waals surface area contributed by atoms with Crippen LogP contribution in [-0.2, 0) is 9.59 Å². The molecule has 1 saturated carbocycles. The van der Waals surface area contributed by atoms with E-state index in [0.717, 1.165) is 11.0 Å². The number of carboxylic acids is 1. The molecular formula is C17H19N3O4. The first-order valence-corrected chi connectivity index (χ1v) is 8.27. The lowest BCUT2D eigenvalue weighted by molar-refractivity contribution is -0.142. The maximum atomic E-state index is 12.3. The number of hydrogen-bond donors (Lipinski definition) is 2. The Morgan fingerprint density at radius 3 is 2.50 bits per heavy atom. The van der Waals surface area contributed by atoms with Gasteiger partial charge in [0, 0.05) is 19.1 Å². The molecule has 7 heteroatoms. The van der Waals surface area contributed by atoms with Gasteiger partial charge < -0.3 is 15.0 Å². The number of piperidine rings is 1. The highest BCUT2D eigenvalue weighted by Crippen LogP contribution is 2.41. The summed E-state index contributed by atoms with van der Waals surface area (Å²) in [5, 5.41) is 8.96. The fourth-order valence-corrected chi connectivity index (χ4v) is 3.76. The van der Waals surface area contributed by atoms with Crippen molar-refractivity contribution in [3.8, 4) is 0 Å². The monoisotopic (exact) mass is 329 g/mol. The van der Waals surface area contributed by atoms with Crippen molar-refractivity contribution in [2.75, 3.05) is 13.1 Å². The number of likely N-dealkylation sites (tertiary alicyclic amines) is 1. The number of fused-ring (bicyclic) bond motifs is 1. The minimum absolute atomic E-state index is 0.0490. The zero-order valence-corrected chi connectivity index (χ0v) is 13.1. The molecule has 7 nitrogen and oxygen atoms in total. The summed E-state index contributed by atoms with van der Waals surface area (Å²) in [6.45, 7) is 1.14. The van der Waals surface area contributed by atoms with Crippen molar-refractivity contribution in [2.24, 2.45) is 11.8 Å². The van der Waals surface area contributed by atoms with Crippen LogP contribution in [0, 0.1) is 11.8 Å². The van der Waals surface area contributed by atoms with Gasteiger partial charge in [0.05, 0.1) is 22.9 Å². The molecule has 1 aliphatic heterocycles. The summed E-state index contributed by atoms with van der Waals surface area (Å²) in [5.74, 6) is -1.79. The molecule has 0 spiro atoms. The smallest absolute Gasteiger partial charge is 0.326 e. The summed E-state index contributed by atoms with van der Waals surface area (Å²) in [4.78, 5) is 40.1. The molecule has 126 valence electrons. The third kappa shape index (κ3) is 2.40. The molecule has 0 bridgehead atoms. The number of aromatic nitrogens is 2. The van der Waals surface area contributed by atoms with Gasteiger partial charge in [0.25, 0.3) is 0 Å². The number of aliphatic carboxylic acids is 1. The number of rotatable bonds is 3. The third-order valence-corrected chi connectivity index (χ3v) is 5.19.